The molecular formula is C24H32FN3O5S. The molecule has 0 radical (unpaired) electrons. The number of anilines is 1. The molecule has 0 saturated carbocycles. The Bertz CT molecular complexity index is 1070. The highest BCUT2D eigenvalue weighted by atomic mass is 32.2. The van der Waals surface area contributed by atoms with Crippen LogP contribution in [0.25, 0.3) is 0 Å². The third kappa shape index (κ3) is 6.91. The lowest BCUT2D eigenvalue weighted by Gasteiger charge is -2.27. The van der Waals surface area contributed by atoms with Crippen molar-refractivity contribution in [2.45, 2.75) is 31.1 Å². The molecule has 0 atom stereocenters. The van der Waals surface area contributed by atoms with Crippen molar-refractivity contribution in [1.29, 1.82) is 0 Å². The molecular weight excluding hydrogens is 461 g/mol. The average molecular weight is 494 g/mol. The van der Waals surface area contributed by atoms with Gasteiger partial charge in [-0.3, -0.25) is 9.69 Å². The minimum Gasteiger partial charge on any atom is -0.492 e. The molecule has 1 heterocycles. The second-order valence-electron chi connectivity index (χ2n) is 8.12. The summed E-state index contributed by atoms with van der Waals surface area (Å²) in [6.45, 7) is 3.74. The smallest absolute Gasteiger partial charge is 0.246 e. The number of carbonyl (C=O) groups is 1. The fourth-order valence-corrected chi connectivity index (χ4v) is 5.38. The van der Waals surface area contributed by atoms with Gasteiger partial charge in [-0.15, -0.1) is 0 Å². The Kier molecular flexibility index (Phi) is 9.26. The molecule has 2 aromatic rings. The van der Waals surface area contributed by atoms with Gasteiger partial charge in [-0.1, -0.05) is 18.6 Å². The summed E-state index contributed by atoms with van der Waals surface area (Å²) in [6.07, 6.45) is 2.67. The number of para-hydroxylation sites is 1. The molecule has 186 valence electrons. The number of benzene rings is 2. The van der Waals surface area contributed by atoms with Crippen molar-refractivity contribution < 1.29 is 27.1 Å². The second kappa shape index (κ2) is 12.1. The van der Waals surface area contributed by atoms with E-state index in [2.05, 4.69) is 5.32 Å². The van der Waals surface area contributed by atoms with Gasteiger partial charge in [-0.25, -0.2) is 12.8 Å². The first kappa shape index (κ1) is 25.9. The maximum atomic E-state index is 13.6. The van der Waals surface area contributed by atoms with Crippen LogP contribution in [-0.2, 0) is 14.8 Å². The van der Waals surface area contributed by atoms with E-state index in [0.717, 1.165) is 19.3 Å². The number of amides is 1. The highest BCUT2D eigenvalue weighted by Crippen LogP contribution is 2.31. The van der Waals surface area contributed by atoms with Crippen molar-refractivity contribution in [3.05, 3.63) is 48.3 Å². The van der Waals surface area contributed by atoms with Gasteiger partial charge in [-0.05, 0) is 57.1 Å². The average Bonchev–Trinajstić information content (AvgIpc) is 2.82. The molecule has 1 aliphatic rings. The van der Waals surface area contributed by atoms with Gasteiger partial charge in [0.25, 0.3) is 0 Å². The molecule has 1 amide bonds. The first-order valence-corrected chi connectivity index (χ1v) is 12.9. The summed E-state index contributed by atoms with van der Waals surface area (Å²) in [5.41, 5.74) is 0.375. The van der Waals surface area contributed by atoms with Crippen molar-refractivity contribution >= 4 is 21.6 Å². The fourth-order valence-electron chi connectivity index (χ4n) is 3.70. The Morgan fingerprint density at radius 3 is 2.53 bits per heavy atom. The number of sulfonamides is 1. The molecule has 34 heavy (non-hydrogen) atoms. The van der Waals surface area contributed by atoms with Crippen LogP contribution in [0, 0.1) is 5.82 Å². The van der Waals surface area contributed by atoms with Gasteiger partial charge in [0, 0.05) is 25.3 Å². The van der Waals surface area contributed by atoms with Gasteiger partial charge in [0.2, 0.25) is 15.9 Å². The quantitative estimate of drug-likeness (QED) is 0.517. The zero-order valence-corrected chi connectivity index (χ0v) is 20.4. The van der Waals surface area contributed by atoms with E-state index in [4.69, 9.17) is 9.47 Å². The van der Waals surface area contributed by atoms with Crippen molar-refractivity contribution in [2.24, 2.45) is 0 Å². The van der Waals surface area contributed by atoms with Crippen LogP contribution in [-0.4, -0.2) is 70.0 Å². The second-order valence-corrected chi connectivity index (χ2v) is 10.0. The normalized spacial score (nSPS) is 14.7. The van der Waals surface area contributed by atoms with E-state index < -0.39 is 15.8 Å². The maximum absolute atomic E-state index is 13.6. The van der Waals surface area contributed by atoms with Crippen molar-refractivity contribution in [3.63, 3.8) is 0 Å². The van der Waals surface area contributed by atoms with Crippen molar-refractivity contribution in [1.82, 2.24) is 9.21 Å². The van der Waals surface area contributed by atoms with Crippen LogP contribution < -0.4 is 14.8 Å². The lowest BCUT2D eigenvalue weighted by atomic mass is 10.2. The molecule has 1 N–H and O–H groups in total. The zero-order chi connectivity index (χ0) is 24.6. The number of carbonyl (C=O) groups excluding carboxylic acids is 1. The largest absolute Gasteiger partial charge is 0.492 e. The highest BCUT2D eigenvalue weighted by molar-refractivity contribution is 7.89. The van der Waals surface area contributed by atoms with Crippen LogP contribution >= 0.6 is 0 Å². The zero-order valence-electron chi connectivity index (χ0n) is 19.6. The SMILES string of the molecule is CCOc1ccc(NC(=O)CN(C)CCOc2ccccc2F)cc1S(=O)(=O)N1CCCCC1. The summed E-state index contributed by atoms with van der Waals surface area (Å²) in [5, 5.41) is 2.75. The molecule has 3 rings (SSSR count). The van der Waals surface area contributed by atoms with Crippen LogP contribution in [0.4, 0.5) is 10.1 Å². The lowest BCUT2D eigenvalue weighted by Crippen LogP contribution is -2.36. The Morgan fingerprint density at radius 2 is 1.82 bits per heavy atom. The molecule has 10 heteroatoms. The molecule has 2 aromatic carbocycles. The van der Waals surface area contributed by atoms with Crippen LogP contribution in [0.3, 0.4) is 0 Å². The lowest BCUT2D eigenvalue weighted by molar-refractivity contribution is -0.117. The van der Waals surface area contributed by atoms with Gasteiger partial charge in [0.05, 0.1) is 13.2 Å². The van der Waals surface area contributed by atoms with Crippen molar-refractivity contribution in [2.75, 3.05) is 51.8 Å². The molecule has 8 nitrogen and oxygen atoms in total. The van der Waals surface area contributed by atoms with Gasteiger partial charge >= 0.3 is 0 Å². The van der Waals surface area contributed by atoms with Crippen molar-refractivity contribution in [3.8, 4) is 11.5 Å². The molecule has 0 unspecified atom stereocenters. The minimum absolute atomic E-state index is 0.0562. The summed E-state index contributed by atoms with van der Waals surface area (Å²) in [6, 6.07) is 10.8. The van der Waals surface area contributed by atoms with E-state index in [1.165, 1.54) is 16.4 Å². The number of hydrogen-bond donors (Lipinski definition) is 1. The molecule has 1 saturated heterocycles. The summed E-state index contributed by atoms with van der Waals surface area (Å²) >= 11 is 0. The van der Waals surface area contributed by atoms with E-state index in [1.807, 2.05) is 0 Å². The molecule has 1 aliphatic heterocycles. The minimum atomic E-state index is -3.74. The summed E-state index contributed by atoms with van der Waals surface area (Å²) in [4.78, 5) is 14.3. The number of nitrogens with zero attached hydrogens (tertiary/aromatic N) is 2. The van der Waals surface area contributed by atoms with Crippen LogP contribution in [0.5, 0.6) is 11.5 Å². The number of ether oxygens (including phenoxy) is 2. The Morgan fingerprint density at radius 1 is 1.09 bits per heavy atom. The Labute approximate surface area is 200 Å². The van der Waals surface area contributed by atoms with Crippen LogP contribution in [0.2, 0.25) is 0 Å². The first-order valence-electron chi connectivity index (χ1n) is 11.4. The molecule has 0 aliphatic carbocycles. The number of rotatable bonds is 11. The fraction of sp³-hybridized carbons (Fsp3) is 0.458. The van der Waals surface area contributed by atoms with Crippen LogP contribution in [0.15, 0.2) is 47.4 Å². The predicted molar refractivity (Wildman–Crippen MR) is 128 cm³/mol. The monoisotopic (exact) mass is 493 g/mol. The summed E-state index contributed by atoms with van der Waals surface area (Å²) < 4.78 is 52.6. The number of piperidine rings is 1. The van der Waals surface area contributed by atoms with E-state index in [9.17, 15) is 17.6 Å². The van der Waals surface area contributed by atoms with Crippen LogP contribution in [0.1, 0.15) is 26.2 Å². The van der Waals surface area contributed by atoms with E-state index >= 15 is 0 Å². The van der Waals surface area contributed by atoms with Gasteiger partial charge in [0.1, 0.15) is 17.3 Å². The van der Waals surface area contributed by atoms with Gasteiger partial charge in [0.15, 0.2) is 11.6 Å². The molecule has 1 fully saturated rings. The van der Waals surface area contributed by atoms with E-state index in [-0.39, 0.29) is 35.5 Å². The van der Waals surface area contributed by atoms with E-state index in [1.54, 1.807) is 49.2 Å². The number of nitrogens with one attached hydrogen (secondary N) is 1. The van der Waals surface area contributed by atoms with E-state index in [0.29, 0.717) is 31.9 Å². The third-order valence-corrected chi connectivity index (χ3v) is 7.36. The maximum Gasteiger partial charge on any atom is 0.246 e. The number of likely N-dealkylation sites (N-methyl/N-ethyl adjacent to an activating group) is 1. The first-order chi connectivity index (χ1) is 16.3. The summed E-state index contributed by atoms with van der Waals surface area (Å²) in [5.74, 6) is -0.307. The third-order valence-electron chi connectivity index (χ3n) is 5.44. The van der Waals surface area contributed by atoms with Gasteiger partial charge < -0.3 is 14.8 Å². The molecule has 0 bridgehead atoms. The summed E-state index contributed by atoms with van der Waals surface area (Å²) in [7, 11) is -1.99. The predicted octanol–water partition coefficient (Wildman–Crippen LogP) is 3.35. The standard InChI is InChI=1S/C24H32FN3O5S/c1-3-32-22-12-11-19(17-23(22)34(30,31)28-13-7-4-8-14-28)26-24(29)18-27(2)15-16-33-21-10-6-5-9-20(21)25/h5-6,9-12,17H,3-4,7-8,13-16,18H2,1-2H3,(H,26,29). The Hall–Kier alpha value is -2.69. The highest BCUT2D eigenvalue weighted by Gasteiger charge is 2.29. The molecule has 0 spiro atoms. The number of halogens is 1. The molecule has 0 aromatic heterocycles. The number of hydrogen-bond acceptors (Lipinski definition) is 6. The Balaban J connectivity index is 1.61. The topological polar surface area (TPSA) is 88.2 Å². The van der Waals surface area contributed by atoms with Gasteiger partial charge in [-0.2, -0.15) is 4.31 Å².